The van der Waals surface area contributed by atoms with E-state index in [0.29, 0.717) is 11.4 Å². The smallest absolute Gasteiger partial charge is 0.287 e. The monoisotopic (exact) mass is 336 g/mol. The van der Waals surface area contributed by atoms with Gasteiger partial charge in [0.05, 0.1) is 12.8 Å². The fourth-order valence-electron chi connectivity index (χ4n) is 2.09. The Bertz CT molecular complexity index is 828. The van der Waals surface area contributed by atoms with Crippen LogP contribution in [0.15, 0.2) is 77.4 Å². The van der Waals surface area contributed by atoms with Gasteiger partial charge in [0.2, 0.25) is 5.91 Å². The number of furan rings is 1. The van der Waals surface area contributed by atoms with Crippen molar-refractivity contribution in [1.82, 2.24) is 5.32 Å². The molecule has 0 saturated heterocycles. The van der Waals surface area contributed by atoms with Gasteiger partial charge in [-0.25, -0.2) is 0 Å². The first-order valence-electron chi connectivity index (χ1n) is 7.65. The molecule has 0 aliphatic carbocycles. The van der Waals surface area contributed by atoms with E-state index in [0.717, 1.165) is 5.75 Å². The quantitative estimate of drug-likeness (QED) is 0.722. The first kappa shape index (κ1) is 16.3. The number of benzene rings is 2. The number of nitrogens with one attached hydrogen (secondary N) is 2. The molecule has 0 atom stereocenters. The summed E-state index contributed by atoms with van der Waals surface area (Å²) in [4.78, 5) is 23.6. The maximum Gasteiger partial charge on any atom is 0.287 e. The fraction of sp³-hybridized carbons (Fsp3) is 0.0526. The molecule has 126 valence electrons. The van der Waals surface area contributed by atoms with Crippen molar-refractivity contribution in [3.05, 3.63) is 78.8 Å². The highest BCUT2D eigenvalue weighted by molar-refractivity contribution is 5.97. The van der Waals surface area contributed by atoms with Crippen molar-refractivity contribution in [2.45, 2.75) is 0 Å². The number of carbonyl (C=O) groups excluding carboxylic acids is 2. The lowest BCUT2D eigenvalue weighted by atomic mass is 10.3. The summed E-state index contributed by atoms with van der Waals surface area (Å²) in [5, 5.41) is 5.17. The van der Waals surface area contributed by atoms with E-state index in [1.54, 1.807) is 30.3 Å². The van der Waals surface area contributed by atoms with E-state index in [4.69, 9.17) is 9.15 Å². The summed E-state index contributed by atoms with van der Waals surface area (Å²) in [6.45, 7) is -0.151. The Morgan fingerprint density at radius 3 is 2.28 bits per heavy atom. The second-order valence-corrected chi connectivity index (χ2v) is 5.15. The molecule has 2 aromatic carbocycles. The first-order valence-corrected chi connectivity index (χ1v) is 7.65. The third-order valence-corrected chi connectivity index (χ3v) is 3.27. The highest BCUT2D eigenvalue weighted by atomic mass is 16.5. The minimum Gasteiger partial charge on any atom is -0.459 e. The Hall–Kier alpha value is -3.54. The summed E-state index contributed by atoms with van der Waals surface area (Å²) < 4.78 is 10.6. The van der Waals surface area contributed by atoms with E-state index in [1.165, 1.54) is 12.3 Å². The Kier molecular flexibility index (Phi) is 5.11. The Morgan fingerprint density at radius 1 is 0.880 bits per heavy atom. The van der Waals surface area contributed by atoms with Crippen molar-refractivity contribution in [1.29, 1.82) is 0 Å². The summed E-state index contributed by atoms with van der Waals surface area (Å²) >= 11 is 0. The zero-order valence-electron chi connectivity index (χ0n) is 13.3. The van der Waals surface area contributed by atoms with E-state index in [2.05, 4.69) is 10.6 Å². The molecule has 25 heavy (non-hydrogen) atoms. The summed E-state index contributed by atoms with van der Waals surface area (Å²) in [6, 6.07) is 19.5. The van der Waals surface area contributed by atoms with Crippen LogP contribution in [-0.4, -0.2) is 18.4 Å². The molecular formula is C19H16N2O4. The van der Waals surface area contributed by atoms with Crippen LogP contribution >= 0.6 is 0 Å². The molecule has 0 aliphatic rings. The van der Waals surface area contributed by atoms with Gasteiger partial charge in [0.1, 0.15) is 11.5 Å². The van der Waals surface area contributed by atoms with Gasteiger partial charge in [-0.05, 0) is 48.5 Å². The standard InChI is InChI=1S/C19H16N2O4/c22-18(13-20-19(23)17-7-4-12-24-17)21-14-8-10-16(11-9-14)25-15-5-2-1-3-6-15/h1-12H,13H2,(H,20,23)(H,21,22). The predicted molar refractivity (Wildman–Crippen MR) is 92.6 cm³/mol. The lowest BCUT2D eigenvalue weighted by molar-refractivity contribution is -0.115. The largest absolute Gasteiger partial charge is 0.459 e. The van der Waals surface area contributed by atoms with E-state index >= 15 is 0 Å². The Labute approximate surface area is 144 Å². The fourth-order valence-corrected chi connectivity index (χ4v) is 2.09. The summed E-state index contributed by atoms with van der Waals surface area (Å²) in [5.41, 5.74) is 0.609. The second-order valence-electron chi connectivity index (χ2n) is 5.15. The average Bonchev–Trinajstić information content (AvgIpc) is 3.17. The minimum atomic E-state index is -0.438. The molecule has 6 heteroatoms. The minimum absolute atomic E-state index is 0.151. The second kappa shape index (κ2) is 7.83. The normalized spacial score (nSPS) is 10.1. The molecule has 6 nitrogen and oxygen atoms in total. The van der Waals surface area contributed by atoms with E-state index in [-0.39, 0.29) is 18.2 Å². The zero-order valence-corrected chi connectivity index (χ0v) is 13.3. The highest BCUT2D eigenvalue weighted by Crippen LogP contribution is 2.22. The number of hydrogen-bond donors (Lipinski definition) is 2. The predicted octanol–water partition coefficient (Wildman–Crippen LogP) is 3.44. The van der Waals surface area contributed by atoms with Crippen LogP contribution in [0.1, 0.15) is 10.6 Å². The third kappa shape index (κ3) is 4.71. The van der Waals surface area contributed by atoms with Gasteiger partial charge >= 0.3 is 0 Å². The van der Waals surface area contributed by atoms with Gasteiger partial charge in [-0.1, -0.05) is 18.2 Å². The zero-order chi connectivity index (χ0) is 17.5. The average molecular weight is 336 g/mol. The van der Waals surface area contributed by atoms with Crippen LogP contribution in [0.25, 0.3) is 0 Å². The number of para-hydroxylation sites is 1. The van der Waals surface area contributed by atoms with Crippen LogP contribution in [0.2, 0.25) is 0 Å². The highest BCUT2D eigenvalue weighted by Gasteiger charge is 2.10. The van der Waals surface area contributed by atoms with Gasteiger partial charge < -0.3 is 19.8 Å². The molecule has 1 heterocycles. The van der Waals surface area contributed by atoms with Crippen LogP contribution in [-0.2, 0) is 4.79 Å². The molecule has 0 aliphatic heterocycles. The van der Waals surface area contributed by atoms with Crippen molar-refractivity contribution in [3.8, 4) is 11.5 Å². The maximum absolute atomic E-state index is 11.9. The van der Waals surface area contributed by atoms with Crippen LogP contribution < -0.4 is 15.4 Å². The van der Waals surface area contributed by atoms with Crippen molar-refractivity contribution < 1.29 is 18.7 Å². The van der Waals surface area contributed by atoms with E-state index in [9.17, 15) is 9.59 Å². The number of ether oxygens (including phenoxy) is 1. The number of anilines is 1. The lowest BCUT2D eigenvalue weighted by Gasteiger charge is -2.08. The molecule has 0 bridgehead atoms. The summed E-state index contributed by atoms with van der Waals surface area (Å²) in [6.07, 6.45) is 1.40. The number of amides is 2. The summed E-state index contributed by atoms with van der Waals surface area (Å²) in [7, 11) is 0. The van der Waals surface area contributed by atoms with Crippen LogP contribution in [0, 0.1) is 0 Å². The molecule has 0 fully saturated rings. The van der Waals surface area contributed by atoms with Crippen molar-refractivity contribution in [2.24, 2.45) is 0 Å². The molecule has 3 rings (SSSR count). The van der Waals surface area contributed by atoms with Gasteiger partial charge in [0, 0.05) is 5.69 Å². The molecule has 0 radical (unpaired) electrons. The molecule has 2 amide bonds. The molecule has 1 aromatic heterocycles. The van der Waals surface area contributed by atoms with E-state index in [1.807, 2.05) is 30.3 Å². The molecular weight excluding hydrogens is 320 g/mol. The number of rotatable bonds is 6. The van der Waals surface area contributed by atoms with Crippen LogP contribution in [0.5, 0.6) is 11.5 Å². The molecule has 3 aromatic rings. The third-order valence-electron chi connectivity index (χ3n) is 3.27. The molecule has 0 saturated carbocycles. The topological polar surface area (TPSA) is 80.6 Å². The van der Waals surface area contributed by atoms with Gasteiger partial charge in [-0.15, -0.1) is 0 Å². The van der Waals surface area contributed by atoms with Gasteiger partial charge in [-0.3, -0.25) is 9.59 Å². The molecule has 0 spiro atoms. The van der Waals surface area contributed by atoms with Crippen LogP contribution in [0.4, 0.5) is 5.69 Å². The van der Waals surface area contributed by atoms with Crippen molar-refractivity contribution >= 4 is 17.5 Å². The summed E-state index contributed by atoms with van der Waals surface area (Å²) in [5.74, 6) is 0.786. The number of hydrogen-bond acceptors (Lipinski definition) is 4. The van der Waals surface area contributed by atoms with Gasteiger partial charge in [0.25, 0.3) is 5.91 Å². The molecule has 0 unspecified atom stereocenters. The van der Waals surface area contributed by atoms with Crippen molar-refractivity contribution in [3.63, 3.8) is 0 Å². The Balaban J connectivity index is 1.49. The van der Waals surface area contributed by atoms with Crippen LogP contribution in [0.3, 0.4) is 0 Å². The molecule has 2 N–H and O–H groups in total. The SMILES string of the molecule is O=C(CNC(=O)c1ccco1)Nc1ccc(Oc2ccccc2)cc1. The van der Waals surface area contributed by atoms with E-state index < -0.39 is 5.91 Å². The maximum atomic E-state index is 11.9. The van der Waals surface area contributed by atoms with Gasteiger partial charge in [-0.2, -0.15) is 0 Å². The van der Waals surface area contributed by atoms with Gasteiger partial charge in [0.15, 0.2) is 5.76 Å². The lowest BCUT2D eigenvalue weighted by Crippen LogP contribution is -2.32. The first-order chi connectivity index (χ1) is 12.2. The Morgan fingerprint density at radius 2 is 1.60 bits per heavy atom. The van der Waals surface area contributed by atoms with Crippen molar-refractivity contribution in [2.75, 3.05) is 11.9 Å². The number of carbonyl (C=O) groups is 2.